The Bertz CT molecular complexity index is 1120. The fourth-order valence-electron chi connectivity index (χ4n) is 2.86. The molecule has 150 valence electrons. The van der Waals surface area contributed by atoms with Crippen LogP contribution in [0.15, 0.2) is 23.1 Å². The smallest absolute Gasteiger partial charge is 0.341 e. The maximum atomic E-state index is 14.5. The molecule has 3 rings (SSSR count). The van der Waals surface area contributed by atoms with Gasteiger partial charge < -0.3 is 15.0 Å². The summed E-state index contributed by atoms with van der Waals surface area (Å²) in [4.78, 5) is 68.1. The second kappa shape index (κ2) is 7.62. The van der Waals surface area contributed by atoms with Crippen molar-refractivity contribution < 1.29 is 33.5 Å². The molecular formula is C18H14FN3O7. The van der Waals surface area contributed by atoms with Crippen molar-refractivity contribution >= 4 is 47.1 Å². The number of carbonyl (C=O) groups excluding carboxylic acids is 4. The zero-order valence-electron chi connectivity index (χ0n) is 14.8. The number of aromatic nitrogens is 1. The van der Waals surface area contributed by atoms with Crippen molar-refractivity contribution in [1.82, 2.24) is 9.47 Å². The number of aldehydes is 1. The number of nitrogens with zero attached hydrogens (tertiary/aromatic N) is 2. The van der Waals surface area contributed by atoms with Gasteiger partial charge in [-0.15, -0.1) is 0 Å². The van der Waals surface area contributed by atoms with E-state index in [0.717, 1.165) is 18.9 Å². The van der Waals surface area contributed by atoms with Gasteiger partial charge >= 0.3 is 5.97 Å². The van der Waals surface area contributed by atoms with Crippen molar-refractivity contribution in [2.24, 2.45) is 0 Å². The van der Waals surface area contributed by atoms with Crippen LogP contribution < -0.4 is 10.7 Å². The lowest BCUT2D eigenvalue weighted by Crippen LogP contribution is -2.40. The first-order valence-corrected chi connectivity index (χ1v) is 8.40. The van der Waals surface area contributed by atoms with Crippen molar-refractivity contribution in [3.63, 3.8) is 0 Å². The summed E-state index contributed by atoms with van der Waals surface area (Å²) in [5.74, 6) is -4.81. The van der Waals surface area contributed by atoms with E-state index in [2.05, 4.69) is 5.32 Å². The van der Waals surface area contributed by atoms with Gasteiger partial charge in [0.15, 0.2) is 0 Å². The molecule has 3 amide bonds. The Hall–Kier alpha value is -3.89. The van der Waals surface area contributed by atoms with Crippen molar-refractivity contribution in [3.8, 4) is 0 Å². The number of anilines is 1. The van der Waals surface area contributed by atoms with E-state index in [1.807, 2.05) is 0 Å². The SMILES string of the molecule is O=CC(=O)N(C=O)C(=O)CNc1cc2c(cc1F)c(=O)c(C(=O)O)cn2C1CC1. The molecule has 11 heteroatoms. The molecule has 1 saturated carbocycles. The van der Waals surface area contributed by atoms with Crippen LogP contribution in [0.3, 0.4) is 0 Å². The third-order valence-corrected chi connectivity index (χ3v) is 4.43. The number of aromatic carboxylic acids is 1. The normalized spacial score (nSPS) is 13.0. The second-order valence-electron chi connectivity index (χ2n) is 6.34. The molecule has 1 aliphatic rings. The Balaban J connectivity index is 1.99. The van der Waals surface area contributed by atoms with E-state index < -0.39 is 41.1 Å². The summed E-state index contributed by atoms with van der Waals surface area (Å²) in [7, 11) is 0. The fraction of sp³-hybridized carbons (Fsp3) is 0.222. The lowest BCUT2D eigenvalue weighted by atomic mass is 10.1. The number of carbonyl (C=O) groups is 5. The number of hydrogen-bond donors (Lipinski definition) is 2. The number of halogens is 1. The second-order valence-corrected chi connectivity index (χ2v) is 6.34. The first kappa shape index (κ1) is 19.9. The zero-order chi connectivity index (χ0) is 21.3. The largest absolute Gasteiger partial charge is 0.477 e. The van der Waals surface area contributed by atoms with Gasteiger partial charge in [0.05, 0.1) is 17.7 Å². The fourth-order valence-corrected chi connectivity index (χ4v) is 2.86. The molecule has 0 saturated heterocycles. The van der Waals surface area contributed by atoms with Gasteiger partial charge in [-0.3, -0.25) is 24.0 Å². The van der Waals surface area contributed by atoms with Gasteiger partial charge in [0.1, 0.15) is 11.4 Å². The number of imide groups is 3. The highest BCUT2D eigenvalue weighted by Crippen LogP contribution is 2.37. The third kappa shape index (κ3) is 3.74. The van der Waals surface area contributed by atoms with Crippen LogP contribution in [0.5, 0.6) is 0 Å². The lowest BCUT2D eigenvalue weighted by Gasteiger charge is -2.15. The molecule has 2 N–H and O–H groups in total. The summed E-state index contributed by atoms with van der Waals surface area (Å²) < 4.78 is 16.0. The molecule has 10 nitrogen and oxygen atoms in total. The topological polar surface area (TPSA) is 143 Å². The Morgan fingerprint density at radius 1 is 1.28 bits per heavy atom. The van der Waals surface area contributed by atoms with E-state index in [4.69, 9.17) is 0 Å². The van der Waals surface area contributed by atoms with E-state index in [1.54, 1.807) is 4.57 Å². The number of hydrogen-bond acceptors (Lipinski definition) is 7. The molecule has 1 aromatic carbocycles. The molecule has 0 atom stereocenters. The van der Waals surface area contributed by atoms with Crippen LogP contribution >= 0.6 is 0 Å². The lowest BCUT2D eigenvalue weighted by molar-refractivity contribution is -0.150. The quantitative estimate of drug-likeness (QED) is 0.496. The number of rotatable bonds is 7. The van der Waals surface area contributed by atoms with Crippen molar-refractivity contribution in [1.29, 1.82) is 0 Å². The number of fused-ring (bicyclic) bond motifs is 1. The molecule has 2 aromatic rings. The zero-order valence-corrected chi connectivity index (χ0v) is 14.8. The van der Waals surface area contributed by atoms with E-state index in [0.29, 0.717) is 0 Å². The minimum atomic E-state index is -1.42. The summed E-state index contributed by atoms with van der Waals surface area (Å²) in [6, 6.07) is 2.08. The summed E-state index contributed by atoms with van der Waals surface area (Å²) >= 11 is 0. The highest BCUT2D eigenvalue weighted by molar-refractivity contribution is 6.31. The van der Waals surface area contributed by atoms with Crippen LogP contribution in [0.4, 0.5) is 10.1 Å². The first-order chi connectivity index (χ1) is 13.8. The minimum absolute atomic E-state index is 0.0353. The van der Waals surface area contributed by atoms with Gasteiger partial charge in [-0.1, -0.05) is 0 Å². The maximum Gasteiger partial charge on any atom is 0.341 e. The Morgan fingerprint density at radius 3 is 2.52 bits per heavy atom. The monoisotopic (exact) mass is 403 g/mol. The van der Waals surface area contributed by atoms with Gasteiger partial charge in [0.25, 0.3) is 11.8 Å². The molecule has 1 fully saturated rings. The number of benzene rings is 1. The van der Waals surface area contributed by atoms with Crippen LogP contribution in [0.2, 0.25) is 0 Å². The predicted octanol–water partition coefficient (Wildman–Crippen LogP) is 0.296. The number of amides is 3. The van der Waals surface area contributed by atoms with Gasteiger partial charge in [0.2, 0.25) is 18.1 Å². The average Bonchev–Trinajstić information content (AvgIpc) is 3.52. The summed E-state index contributed by atoms with van der Waals surface area (Å²) in [5.41, 5.74) is -1.24. The van der Waals surface area contributed by atoms with Crippen molar-refractivity contribution in [3.05, 3.63) is 39.9 Å². The van der Waals surface area contributed by atoms with Crippen LogP contribution in [-0.2, 0) is 19.2 Å². The highest BCUT2D eigenvalue weighted by atomic mass is 19.1. The molecule has 0 unspecified atom stereocenters. The van der Waals surface area contributed by atoms with Crippen LogP contribution in [-0.4, -0.2) is 51.6 Å². The third-order valence-electron chi connectivity index (χ3n) is 4.43. The van der Waals surface area contributed by atoms with Gasteiger partial charge in [0, 0.05) is 17.6 Å². The van der Waals surface area contributed by atoms with E-state index in [1.165, 1.54) is 12.3 Å². The summed E-state index contributed by atoms with van der Waals surface area (Å²) in [6.45, 7) is -0.679. The molecule has 29 heavy (non-hydrogen) atoms. The maximum absolute atomic E-state index is 14.5. The molecule has 0 spiro atoms. The molecule has 0 aliphatic heterocycles. The Labute approximate surface area is 161 Å². The van der Waals surface area contributed by atoms with Gasteiger partial charge in [-0.05, 0) is 25.0 Å². The number of carboxylic acid groups (broad SMARTS) is 1. The highest BCUT2D eigenvalue weighted by Gasteiger charge is 2.27. The molecular weight excluding hydrogens is 389 g/mol. The number of nitrogens with one attached hydrogen (secondary N) is 1. The van der Waals surface area contributed by atoms with Crippen molar-refractivity contribution in [2.45, 2.75) is 18.9 Å². The molecule has 1 aromatic heterocycles. The van der Waals surface area contributed by atoms with Crippen molar-refractivity contribution in [2.75, 3.05) is 11.9 Å². The van der Waals surface area contributed by atoms with E-state index in [-0.39, 0.29) is 40.2 Å². The molecule has 0 radical (unpaired) electrons. The van der Waals surface area contributed by atoms with E-state index >= 15 is 0 Å². The van der Waals surface area contributed by atoms with Gasteiger partial charge in [-0.25, -0.2) is 14.1 Å². The Morgan fingerprint density at radius 2 is 1.97 bits per heavy atom. The predicted molar refractivity (Wildman–Crippen MR) is 95.9 cm³/mol. The first-order valence-electron chi connectivity index (χ1n) is 8.40. The van der Waals surface area contributed by atoms with Crippen LogP contribution in [0.25, 0.3) is 10.9 Å². The molecule has 1 aliphatic carbocycles. The number of carboxylic acids is 1. The van der Waals surface area contributed by atoms with Gasteiger partial charge in [-0.2, -0.15) is 0 Å². The number of pyridine rings is 1. The molecule has 0 bridgehead atoms. The Kier molecular flexibility index (Phi) is 5.22. The standard InChI is InChI=1S/C18H14FN3O7/c19-12-3-10-14(21(9-1-2-9)6-11(17(10)27)18(28)29)4-13(12)20-5-15(25)22(8-24)16(26)7-23/h3-4,6-9,20H,1-2,5H2,(H,28,29). The van der Waals surface area contributed by atoms with Crippen LogP contribution in [0, 0.1) is 5.82 Å². The molecule has 1 heterocycles. The summed E-state index contributed by atoms with van der Waals surface area (Å²) in [6.07, 6.45) is 2.39. The van der Waals surface area contributed by atoms with E-state index in [9.17, 15) is 38.3 Å². The van der Waals surface area contributed by atoms with Crippen LogP contribution in [0.1, 0.15) is 29.2 Å². The average molecular weight is 403 g/mol. The summed E-state index contributed by atoms with van der Waals surface area (Å²) in [5, 5.41) is 11.5. The minimum Gasteiger partial charge on any atom is -0.477 e.